The van der Waals surface area contributed by atoms with Gasteiger partial charge in [0.15, 0.2) is 0 Å². The number of hydrogen-bond donors (Lipinski definition) is 2. The van der Waals surface area contributed by atoms with Gasteiger partial charge >= 0.3 is 0 Å². The topological polar surface area (TPSA) is 126 Å². The zero-order valence-corrected chi connectivity index (χ0v) is 35.2. The molecular formula is C49H49F3N6O5. The number of likely N-dealkylation sites (tertiary alicyclic amines) is 1. The van der Waals surface area contributed by atoms with Crippen molar-refractivity contribution >= 4 is 52.1 Å². The number of nitrogens with zero attached hydrogens (tertiary/aromatic N) is 4. The van der Waals surface area contributed by atoms with Crippen molar-refractivity contribution in [1.82, 2.24) is 29.9 Å². The van der Waals surface area contributed by atoms with Gasteiger partial charge in [-0.3, -0.25) is 44.0 Å². The third kappa shape index (κ3) is 7.11. The first kappa shape index (κ1) is 41.2. The van der Waals surface area contributed by atoms with Gasteiger partial charge in [-0.2, -0.15) is 0 Å². The lowest BCUT2D eigenvalue weighted by Gasteiger charge is -2.44. The minimum Gasteiger partial charge on any atom is -0.357 e. The Morgan fingerprint density at radius 1 is 0.968 bits per heavy atom. The van der Waals surface area contributed by atoms with Gasteiger partial charge in [-0.05, 0) is 121 Å². The third-order valence-electron chi connectivity index (χ3n) is 14.7. The van der Waals surface area contributed by atoms with Crippen LogP contribution in [0, 0.1) is 11.2 Å². The maximum Gasteiger partial charge on any atom is 0.262 e. The summed E-state index contributed by atoms with van der Waals surface area (Å²) in [6.45, 7) is 7.86. The fourth-order valence-corrected chi connectivity index (χ4v) is 11.3. The fourth-order valence-electron chi connectivity index (χ4n) is 11.3. The standard InChI is InChI=1S/C49H49F3N6O5/c1-3-28-19-30(22-37(50)43(28)45-44-34(18-27(2)57(45)25-40(51)52)33-6-4-5-7-38(33)53-44)29-10-12-49(13-11-29)14-16-56(17-15-49)42(60)26-55-23-31-20-35-36(21-32(31)24-55)48(63)58(47(35)62)39-8-9-41(59)54-46(39)61/h3-7,10,19-22,27,39-40,45,53H,1,8-9,11-18,23-26H2,2H3,(H,54,59,61)/t27-,39?,45-/m1/s1. The number of carbonyl (C=O) groups is 5. The molecule has 1 aliphatic carbocycles. The van der Waals surface area contributed by atoms with Crippen LogP contribution in [0.2, 0.25) is 0 Å². The lowest BCUT2D eigenvalue weighted by molar-refractivity contribution is -0.136. The summed E-state index contributed by atoms with van der Waals surface area (Å²) in [7, 11) is 0. The van der Waals surface area contributed by atoms with Crippen LogP contribution in [0.3, 0.4) is 0 Å². The Morgan fingerprint density at radius 2 is 1.68 bits per heavy atom. The van der Waals surface area contributed by atoms with Crippen LogP contribution >= 0.6 is 0 Å². The second kappa shape index (κ2) is 15.7. The molecule has 2 saturated heterocycles. The van der Waals surface area contributed by atoms with Crippen LogP contribution in [-0.2, 0) is 33.9 Å². The average Bonchev–Trinajstić information content (AvgIpc) is 3.91. The number of para-hydroxylation sites is 1. The number of hydrogen-bond acceptors (Lipinski definition) is 7. The molecule has 6 aliphatic rings. The van der Waals surface area contributed by atoms with Crippen LogP contribution in [0.5, 0.6) is 0 Å². The number of carbonyl (C=O) groups excluding carboxylic acids is 5. The molecule has 1 aromatic heterocycles. The molecule has 0 saturated carbocycles. The molecule has 4 aromatic rings. The fraction of sp³-hybridized carbons (Fsp3) is 0.408. The quantitative estimate of drug-likeness (QED) is 0.181. The van der Waals surface area contributed by atoms with Gasteiger partial charge in [-0.15, -0.1) is 0 Å². The molecular weight excluding hydrogens is 810 g/mol. The Labute approximate surface area is 362 Å². The van der Waals surface area contributed by atoms with Gasteiger partial charge in [-0.1, -0.05) is 36.9 Å². The number of aromatic nitrogens is 1. The molecule has 5 amide bonds. The third-order valence-corrected chi connectivity index (χ3v) is 14.7. The number of aromatic amines is 1. The zero-order chi connectivity index (χ0) is 43.9. The van der Waals surface area contributed by atoms with Crippen molar-refractivity contribution in [2.45, 2.75) is 95.9 Å². The van der Waals surface area contributed by atoms with Gasteiger partial charge < -0.3 is 9.88 Å². The zero-order valence-electron chi connectivity index (χ0n) is 35.2. The average molecular weight is 859 g/mol. The number of fused-ring (bicyclic) bond motifs is 5. The van der Waals surface area contributed by atoms with Gasteiger partial charge in [0, 0.05) is 60.8 Å². The number of piperidine rings is 2. The summed E-state index contributed by atoms with van der Waals surface area (Å²) in [4.78, 5) is 74.6. The SMILES string of the molecule is C=Cc1cc(C2=CCC3(CC2)CCN(C(=O)CN2Cc4cc5c(cc4C2)C(=O)N(C2CCC(=O)NC2=O)C5=O)CC3)cc(F)c1[C@@H]1c2[nH]c3ccccc3c2C[C@@H](C)N1CC(F)F. The van der Waals surface area contributed by atoms with Crippen molar-refractivity contribution in [2.75, 3.05) is 26.2 Å². The van der Waals surface area contributed by atoms with Crippen molar-refractivity contribution in [3.63, 3.8) is 0 Å². The summed E-state index contributed by atoms with van der Waals surface area (Å²) in [5.74, 6) is -2.58. The molecule has 1 spiro atoms. The highest BCUT2D eigenvalue weighted by Crippen LogP contribution is 2.48. The van der Waals surface area contributed by atoms with Crippen molar-refractivity contribution in [3.8, 4) is 0 Å². The Morgan fingerprint density at radius 3 is 2.33 bits per heavy atom. The molecule has 3 aromatic carbocycles. The predicted molar refractivity (Wildman–Crippen MR) is 230 cm³/mol. The number of H-pyrrole nitrogens is 1. The monoisotopic (exact) mass is 858 g/mol. The minimum atomic E-state index is -2.59. The maximum absolute atomic E-state index is 16.7. The molecule has 14 heteroatoms. The van der Waals surface area contributed by atoms with Gasteiger partial charge in [-0.25, -0.2) is 13.2 Å². The summed E-state index contributed by atoms with van der Waals surface area (Å²) >= 11 is 0. The van der Waals surface area contributed by atoms with E-state index >= 15 is 4.39 Å². The number of nitrogens with one attached hydrogen (secondary N) is 2. The summed E-state index contributed by atoms with van der Waals surface area (Å²) in [5, 5.41) is 3.25. The van der Waals surface area contributed by atoms with E-state index in [1.807, 2.05) is 47.1 Å². The van der Waals surface area contributed by atoms with Crippen LogP contribution in [-0.4, -0.2) is 98.8 Å². The molecule has 0 radical (unpaired) electrons. The molecule has 0 bridgehead atoms. The minimum absolute atomic E-state index is 0.0278. The van der Waals surface area contributed by atoms with Crippen LogP contribution in [0.15, 0.2) is 61.2 Å². The molecule has 11 nitrogen and oxygen atoms in total. The highest BCUT2D eigenvalue weighted by molar-refractivity contribution is 6.23. The van der Waals surface area contributed by atoms with Gasteiger partial charge in [0.2, 0.25) is 17.7 Å². The number of rotatable bonds is 8. The molecule has 3 atom stereocenters. The van der Waals surface area contributed by atoms with Gasteiger partial charge in [0.1, 0.15) is 11.9 Å². The number of allylic oxidation sites excluding steroid dienone is 2. The Kier molecular flexibility index (Phi) is 10.3. The second-order valence-electron chi connectivity index (χ2n) is 18.3. The van der Waals surface area contributed by atoms with E-state index in [1.165, 1.54) is 0 Å². The highest BCUT2D eigenvalue weighted by Gasteiger charge is 2.46. The maximum atomic E-state index is 16.7. The lowest BCUT2D eigenvalue weighted by Crippen LogP contribution is -2.54. The Balaban J connectivity index is 0.788. The van der Waals surface area contributed by atoms with E-state index in [4.69, 9.17) is 0 Å². The van der Waals surface area contributed by atoms with Crippen molar-refractivity contribution in [1.29, 1.82) is 0 Å². The van der Waals surface area contributed by atoms with E-state index in [0.29, 0.717) is 43.7 Å². The molecule has 2 N–H and O–H groups in total. The van der Waals surface area contributed by atoms with Crippen molar-refractivity contribution in [2.24, 2.45) is 5.41 Å². The Hall–Kier alpha value is -5.86. The van der Waals surface area contributed by atoms with Gasteiger partial charge in [0.25, 0.3) is 18.2 Å². The molecule has 1 unspecified atom stereocenters. The molecule has 2 fully saturated rings. The van der Waals surface area contributed by atoms with Crippen LogP contribution in [0.1, 0.15) is 118 Å². The second-order valence-corrected chi connectivity index (χ2v) is 18.3. The normalized spacial score (nSPS) is 23.6. The summed E-state index contributed by atoms with van der Waals surface area (Å²) < 4.78 is 44.9. The van der Waals surface area contributed by atoms with E-state index in [0.717, 1.165) is 81.4 Å². The first-order chi connectivity index (χ1) is 30.3. The number of alkyl halides is 2. The van der Waals surface area contributed by atoms with Crippen molar-refractivity contribution < 1.29 is 37.1 Å². The summed E-state index contributed by atoms with van der Waals surface area (Å²) in [6.07, 6.45) is 6.14. The lowest BCUT2D eigenvalue weighted by atomic mass is 9.68. The summed E-state index contributed by atoms with van der Waals surface area (Å²) in [5.41, 5.74) is 7.68. The van der Waals surface area contributed by atoms with Crippen LogP contribution in [0.4, 0.5) is 13.2 Å². The Bertz CT molecular complexity index is 2620. The molecule has 10 rings (SSSR count). The van der Waals surface area contributed by atoms with E-state index in [1.54, 1.807) is 29.2 Å². The van der Waals surface area contributed by atoms with E-state index in [9.17, 15) is 32.8 Å². The van der Waals surface area contributed by atoms with E-state index in [-0.39, 0.29) is 47.9 Å². The molecule has 6 heterocycles. The number of halogens is 3. The first-order valence-corrected chi connectivity index (χ1v) is 22.0. The molecule has 63 heavy (non-hydrogen) atoms. The first-order valence-electron chi connectivity index (χ1n) is 22.0. The van der Waals surface area contributed by atoms with Crippen LogP contribution in [0.25, 0.3) is 22.6 Å². The van der Waals surface area contributed by atoms with Crippen LogP contribution < -0.4 is 5.32 Å². The number of amides is 5. The van der Waals surface area contributed by atoms with Crippen molar-refractivity contribution in [3.05, 3.63) is 117 Å². The highest BCUT2D eigenvalue weighted by atomic mass is 19.3. The molecule has 5 aliphatic heterocycles. The molecule has 326 valence electrons. The predicted octanol–water partition coefficient (Wildman–Crippen LogP) is 7.14. The van der Waals surface area contributed by atoms with E-state index < -0.39 is 54.5 Å². The van der Waals surface area contributed by atoms with Gasteiger partial charge in [0.05, 0.1) is 30.3 Å². The number of benzene rings is 3. The van der Waals surface area contributed by atoms with E-state index in [2.05, 4.69) is 23.0 Å². The number of imide groups is 2. The summed E-state index contributed by atoms with van der Waals surface area (Å²) in [6, 6.07) is 12.8. The smallest absolute Gasteiger partial charge is 0.262 e. The largest absolute Gasteiger partial charge is 0.357 e.